The molecule has 2 nitrogen and oxygen atoms in total. The average molecular weight is 187 g/mol. The average Bonchev–Trinajstić information content (AvgIpc) is 2.25. The lowest BCUT2D eigenvalue weighted by molar-refractivity contribution is -0.0648. The van der Waals surface area contributed by atoms with Crippen molar-refractivity contribution in [1.29, 1.82) is 0 Å². The number of halogens is 1. The number of rotatable bonds is 3. The fraction of sp³-hybridized carbons (Fsp3) is 1.00. The summed E-state index contributed by atoms with van der Waals surface area (Å²) in [7, 11) is 0. The number of nitrogens with zero attached hydrogens (tertiary/aromatic N) is 1. The molecule has 13 heavy (non-hydrogen) atoms. The third-order valence-corrected chi connectivity index (χ3v) is 3.22. The first-order chi connectivity index (χ1) is 6.12. The van der Waals surface area contributed by atoms with Crippen LogP contribution >= 0.6 is 0 Å². The van der Waals surface area contributed by atoms with Crippen molar-refractivity contribution in [2.75, 3.05) is 19.7 Å². The van der Waals surface area contributed by atoms with E-state index in [9.17, 15) is 4.39 Å². The summed E-state index contributed by atoms with van der Waals surface area (Å²) in [6.45, 7) is 6.46. The Morgan fingerprint density at radius 1 is 1.62 bits per heavy atom. The van der Waals surface area contributed by atoms with Crippen molar-refractivity contribution >= 4 is 0 Å². The second-order valence-electron chi connectivity index (χ2n) is 4.58. The SMILES string of the molecule is CC(C)OCC12CCN1C[C@H](F)C2. The molecule has 1 unspecified atom stereocenters. The summed E-state index contributed by atoms with van der Waals surface area (Å²) in [5.74, 6) is 0. The highest BCUT2D eigenvalue weighted by atomic mass is 19.1. The van der Waals surface area contributed by atoms with Gasteiger partial charge in [-0.15, -0.1) is 0 Å². The fourth-order valence-corrected chi connectivity index (χ4v) is 2.36. The van der Waals surface area contributed by atoms with Gasteiger partial charge in [0.2, 0.25) is 0 Å². The van der Waals surface area contributed by atoms with Crippen LogP contribution in [-0.2, 0) is 4.74 Å². The summed E-state index contributed by atoms with van der Waals surface area (Å²) >= 11 is 0. The molecule has 2 aliphatic heterocycles. The normalized spacial score (nSPS) is 39.2. The van der Waals surface area contributed by atoms with Gasteiger partial charge in [-0.25, -0.2) is 4.39 Å². The highest BCUT2D eigenvalue weighted by molar-refractivity contribution is 5.07. The molecular formula is C10H18FNO. The molecule has 0 aromatic heterocycles. The van der Waals surface area contributed by atoms with E-state index < -0.39 is 6.17 Å². The van der Waals surface area contributed by atoms with Crippen LogP contribution in [0.1, 0.15) is 26.7 Å². The lowest BCUT2D eigenvalue weighted by atomic mass is 9.86. The van der Waals surface area contributed by atoms with Crippen molar-refractivity contribution in [2.45, 2.75) is 44.5 Å². The molecule has 2 saturated heterocycles. The summed E-state index contributed by atoms with van der Waals surface area (Å²) in [5, 5.41) is 0. The second kappa shape index (κ2) is 3.21. The molecule has 0 aromatic carbocycles. The van der Waals surface area contributed by atoms with Crippen LogP contribution in [0.25, 0.3) is 0 Å². The van der Waals surface area contributed by atoms with Gasteiger partial charge in [-0.05, 0) is 20.3 Å². The molecule has 76 valence electrons. The van der Waals surface area contributed by atoms with Crippen LogP contribution in [0.3, 0.4) is 0 Å². The van der Waals surface area contributed by atoms with Crippen LogP contribution < -0.4 is 0 Å². The lowest BCUT2D eigenvalue weighted by Crippen LogP contribution is -2.58. The quantitative estimate of drug-likeness (QED) is 0.665. The van der Waals surface area contributed by atoms with E-state index in [-0.39, 0.29) is 11.6 Å². The molecule has 0 saturated carbocycles. The van der Waals surface area contributed by atoms with E-state index >= 15 is 0 Å². The Kier molecular flexibility index (Phi) is 2.32. The molecule has 0 spiro atoms. The monoisotopic (exact) mass is 187 g/mol. The van der Waals surface area contributed by atoms with Crippen LogP contribution in [0.5, 0.6) is 0 Å². The Morgan fingerprint density at radius 2 is 2.38 bits per heavy atom. The molecule has 2 atom stereocenters. The third-order valence-electron chi connectivity index (χ3n) is 3.22. The number of fused-ring (bicyclic) bond motifs is 1. The lowest BCUT2D eigenvalue weighted by Gasteiger charge is -2.47. The number of hydrogen-bond donors (Lipinski definition) is 0. The van der Waals surface area contributed by atoms with Crippen molar-refractivity contribution in [3.05, 3.63) is 0 Å². The van der Waals surface area contributed by atoms with Gasteiger partial charge in [-0.2, -0.15) is 0 Å². The van der Waals surface area contributed by atoms with Gasteiger partial charge in [0.1, 0.15) is 6.17 Å². The van der Waals surface area contributed by atoms with E-state index in [2.05, 4.69) is 4.90 Å². The molecule has 2 rings (SSSR count). The minimum atomic E-state index is -0.627. The van der Waals surface area contributed by atoms with E-state index in [1.54, 1.807) is 0 Å². The molecular weight excluding hydrogens is 169 g/mol. The number of alkyl halides is 1. The third kappa shape index (κ3) is 1.59. The van der Waals surface area contributed by atoms with Gasteiger partial charge in [0, 0.05) is 25.0 Å². The molecule has 2 fully saturated rings. The van der Waals surface area contributed by atoms with Crippen molar-refractivity contribution in [3.8, 4) is 0 Å². The molecule has 0 aliphatic carbocycles. The van der Waals surface area contributed by atoms with Crippen molar-refractivity contribution in [3.63, 3.8) is 0 Å². The van der Waals surface area contributed by atoms with Gasteiger partial charge in [0.05, 0.1) is 12.7 Å². The molecule has 0 bridgehead atoms. The smallest absolute Gasteiger partial charge is 0.115 e. The maximum absolute atomic E-state index is 13.1. The van der Waals surface area contributed by atoms with Gasteiger partial charge in [-0.1, -0.05) is 0 Å². The summed E-state index contributed by atoms with van der Waals surface area (Å²) in [5.41, 5.74) is 0.0731. The summed E-state index contributed by atoms with van der Waals surface area (Å²) in [6, 6.07) is 0. The van der Waals surface area contributed by atoms with Crippen molar-refractivity contribution in [2.24, 2.45) is 0 Å². The Bertz CT molecular complexity index is 197. The predicted molar refractivity (Wildman–Crippen MR) is 49.5 cm³/mol. The molecule has 0 amide bonds. The minimum absolute atomic E-state index is 0.0731. The van der Waals surface area contributed by atoms with E-state index in [1.807, 2.05) is 13.8 Å². The Balaban J connectivity index is 1.89. The number of hydrogen-bond acceptors (Lipinski definition) is 2. The van der Waals surface area contributed by atoms with Gasteiger partial charge in [0.15, 0.2) is 0 Å². The molecule has 3 heteroatoms. The van der Waals surface area contributed by atoms with Crippen LogP contribution in [0.15, 0.2) is 0 Å². The fourth-order valence-electron chi connectivity index (χ4n) is 2.36. The van der Waals surface area contributed by atoms with E-state index in [1.165, 1.54) is 0 Å². The van der Waals surface area contributed by atoms with Crippen LogP contribution in [0.4, 0.5) is 4.39 Å². The summed E-state index contributed by atoms with van der Waals surface area (Å²) < 4.78 is 18.7. The van der Waals surface area contributed by atoms with Gasteiger partial charge < -0.3 is 4.74 Å². The zero-order valence-electron chi connectivity index (χ0n) is 8.42. The topological polar surface area (TPSA) is 12.5 Å². The Labute approximate surface area is 79.1 Å². The zero-order valence-corrected chi connectivity index (χ0v) is 8.42. The van der Waals surface area contributed by atoms with Crippen LogP contribution in [0.2, 0.25) is 0 Å². The summed E-state index contributed by atoms with van der Waals surface area (Å²) in [6.07, 6.45) is 1.42. The molecule has 2 heterocycles. The number of ether oxygens (including phenoxy) is 1. The molecule has 0 N–H and O–H groups in total. The largest absolute Gasteiger partial charge is 0.377 e. The van der Waals surface area contributed by atoms with Crippen molar-refractivity contribution < 1.29 is 9.13 Å². The maximum atomic E-state index is 13.1. The van der Waals surface area contributed by atoms with E-state index in [0.29, 0.717) is 19.6 Å². The second-order valence-corrected chi connectivity index (χ2v) is 4.58. The van der Waals surface area contributed by atoms with Crippen LogP contribution in [0, 0.1) is 0 Å². The molecule has 2 aliphatic rings. The van der Waals surface area contributed by atoms with Gasteiger partial charge in [0.25, 0.3) is 0 Å². The van der Waals surface area contributed by atoms with E-state index in [4.69, 9.17) is 4.74 Å². The molecule has 0 radical (unpaired) electrons. The minimum Gasteiger partial charge on any atom is -0.377 e. The Morgan fingerprint density at radius 3 is 2.85 bits per heavy atom. The Hall–Kier alpha value is -0.150. The first-order valence-electron chi connectivity index (χ1n) is 5.13. The standard InChI is InChI=1S/C10H18FNO/c1-8(2)13-7-10-3-4-12(10)6-9(11)5-10/h8-9H,3-7H2,1-2H3/t9-,10?/m1/s1. The van der Waals surface area contributed by atoms with Gasteiger partial charge in [-0.3, -0.25) is 4.90 Å². The highest BCUT2D eigenvalue weighted by Crippen LogP contribution is 2.41. The zero-order chi connectivity index (χ0) is 9.47. The highest BCUT2D eigenvalue weighted by Gasteiger charge is 2.52. The maximum Gasteiger partial charge on any atom is 0.115 e. The van der Waals surface area contributed by atoms with Gasteiger partial charge >= 0.3 is 0 Å². The van der Waals surface area contributed by atoms with E-state index in [0.717, 1.165) is 13.0 Å². The van der Waals surface area contributed by atoms with Crippen LogP contribution in [-0.4, -0.2) is 42.4 Å². The predicted octanol–water partition coefficient (Wildman–Crippen LogP) is 1.60. The first-order valence-corrected chi connectivity index (χ1v) is 5.13. The summed E-state index contributed by atoms with van der Waals surface area (Å²) in [4.78, 5) is 2.24. The first kappa shape index (κ1) is 9.41. The molecule has 0 aromatic rings. The van der Waals surface area contributed by atoms with Crippen molar-refractivity contribution in [1.82, 2.24) is 4.90 Å².